The summed E-state index contributed by atoms with van der Waals surface area (Å²) in [7, 11) is 0. The number of morpholine rings is 1. The quantitative estimate of drug-likeness (QED) is 0.794. The van der Waals surface area contributed by atoms with Crippen LogP contribution in [-0.2, 0) is 9.53 Å². The Hall–Kier alpha value is -0.0700. The number of amides is 1. The van der Waals surface area contributed by atoms with Gasteiger partial charge in [-0.05, 0) is 25.7 Å². The molecule has 3 rings (SSSR count). The summed E-state index contributed by atoms with van der Waals surface area (Å²) in [5.74, 6) is 0.178. The number of likely N-dealkylation sites (tertiary alicyclic amines) is 1. The molecule has 0 aromatic heterocycles. The molecule has 2 N–H and O–H groups in total. The highest BCUT2D eigenvalue weighted by Gasteiger charge is 2.28. The van der Waals surface area contributed by atoms with Crippen molar-refractivity contribution in [3.8, 4) is 0 Å². The third kappa shape index (κ3) is 6.39. The zero-order valence-corrected chi connectivity index (χ0v) is 15.4. The molecule has 0 bridgehead atoms. The second kappa shape index (κ2) is 10.7. The molecule has 23 heavy (non-hydrogen) atoms. The SMILES string of the molecule is Cl.Cl.O=C(CC1COCCN1)NC1CCN(C2CCCC2)CC1. The monoisotopic (exact) mass is 367 g/mol. The minimum atomic E-state index is 0. The van der Waals surface area contributed by atoms with Crippen LogP contribution in [0.5, 0.6) is 0 Å². The third-order valence-corrected chi connectivity index (χ3v) is 5.17. The predicted octanol–water partition coefficient (Wildman–Crippen LogP) is 1.73. The minimum Gasteiger partial charge on any atom is -0.378 e. The maximum Gasteiger partial charge on any atom is 0.221 e. The minimum absolute atomic E-state index is 0. The molecule has 5 nitrogen and oxygen atoms in total. The van der Waals surface area contributed by atoms with Crippen LogP contribution >= 0.6 is 24.8 Å². The van der Waals surface area contributed by atoms with E-state index in [1.54, 1.807) is 0 Å². The molecule has 0 radical (unpaired) electrons. The second-order valence-corrected chi connectivity index (χ2v) is 6.75. The van der Waals surface area contributed by atoms with Crippen molar-refractivity contribution in [3.63, 3.8) is 0 Å². The summed E-state index contributed by atoms with van der Waals surface area (Å²) in [5, 5.41) is 6.55. The van der Waals surface area contributed by atoms with Crippen LogP contribution in [0.4, 0.5) is 0 Å². The van der Waals surface area contributed by atoms with Gasteiger partial charge in [-0.1, -0.05) is 12.8 Å². The second-order valence-electron chi connectivity index (χ2n) is 6.75. The first-order valence-corrected chi connectivity index (χ1v) is 8.66. The van der Waals surface area contributed by atoms with Gasteiger partial charge >= 0.3 is 0 Å². The van der Waals surface area contributed by atoms with Gasteiger partial charge in [-0.25, -0.2) is 0 Å². The Bertz CT molecular complexity index is 340. The summed E-state index contributed by atoms with van der Waals surface area (Å²) in [6.07, 6.45) is 8.32. The molecular formula is C16H31Cl2N3O2. The number of halogens is 2. The number of carbonyl (C=O) groups excluding carboxylic acids is 1. The van der Waals surface area contributed by atoms with E-state index >= 15 is 0 Å². The molecule has 2 heterocycles. The first-order chi connectivity index (χ1) is 10.3. The topological polar surface area (TPSA) is 53.6 Å². The fourth-order valence-electron chi connectivity index (χ4n) is 3.94. The van der Waals surface area contributed by atoms with Crippen molar-refractivity contribution >= 4 is 30.7 Å². The van der Waals surface area contributed by atoms with E-state index in [1.807, 2.05) is 0 Å². The summed E-state index contributed by atoms with van der Waals surface area (Å²) in [5.41, 5.74) is 0. The lowest BCUT2D eigenvalue weighted by molar-refractivity contribution is -0.123. The van der Waals surface area contributed by atoms with Gasteiger partial charge in [0, 0.05) is 44.2 Å². The molecule has 2 saturated heterocycles. The van der Waals surface area contributed by atoms with Crippen LogP contribution in [0.3, 0.4) is 0 Å². The fourth-order valence-corrected chi connectivity index (χ4v) is 3.94. The van der Waals surface area contributed by atoms with E-state index in [9.17, 15) is 4.79 Å². The van der Waals surface area contributed by atoms with Crippen molar-refractivity contribution in [3.05, 3.63) is 0 Å². The lowest BCUT2D eigenvalue weighted by Gasteiger charge is -2.36. The number of ether oxygens (including phenoxy) is 1. The maximum absolute atomic E-state index is 12.1. The van der Waals surface area contributed by atoms with Gasteiger partial charge in [-0.2, -0.15) is 0 Å². The van der Waals surface area contributed by atoms with Gasteiger partial charge in [0.25, 0.3) is 0 Å². The highest BCUT2D eigenvalue weighted by molar-refractivity contribution is 5.85. The summed E-state index contributed by atoms with van der Waals surface area (Å²) >= 11 is 0. The molecule has 0 aromatic rings. The Balaban J connectivity index is 0.00000132. The number of hydrogen-bond donors (Lipinski definition) is 2. The molecule has 7 heteroatoms. The first-order valence-electron chi connectivity index (χ1n) is 8.66. The molecule has 3 aliphatic rings. The normalized spacial score (nSPS) is 27.0. The van der Waals surface area contributed by atoms with Crippen molar-refractivity contribution in [2.75, 3.05) is 32.8 Å². The van der Waals surface area contributed by atoms with E-state index in [0.29, 0.717) is 19.1 Å². The molecule has 2 aliphatic heterocycles. The largest absolute Gasteiger partial charge is 0.378 e. The standard InChI is InChI=1S/C16H29N3O2.2ClH/c20-16(11-14-12-21-10-7-17-14)18-13-5-8-19(9-6-13)15-3-1-2-4-15;;/h13-15,17H,1-12H2,(H,18,20);2*1H. The van der Waals surface area contributed by atoms with Crippen LogP contribution in [0.15, 0.2) is 0 Å². The van der Waals surface area contributed by atoms with E-state index in [4.69, 9.17) is 4.74 Å². The molecule has 1 saturated carbocycles. The average Bonchev–Trinajstić information content (AvgIpc) is 3.03. The van der Waals surface area contributed by atoms with E-state index < -0.39 is 0 Å². The van der Waals surface area contributed by atoms with Crippen molar-refractivity contribution in [2.45, 2.75) is 63.1 Å². The molecule has 0 aromatic carbocycles. The van der Waals surface area contributed by atoms with Gasteiger partial charge in [0.1, 0.15) is 0 Å². The molecular weight excluding hydrogens is 337 g/mol. The Labute approximate surface area is 152 Å². The number of carbonyl (C=O) groups is 1. The van der Waals surface area contributed by atoms with Gasteiger partial charge in [-0.3, -0.25) is 4.79 Å². The Morgan fingerprint density at radius 2 is 1.83 bits per heavy atom. The van der Waals surface area contributed by atoms with E-state index in [-0.39, 0.29) is 36.8 Å². The lowest BCUT2D eigenvalue weighted by atomic mass is 10.0. The van der Waals surface area contributed by atoms with Crippen LogP contribution in [0.25, 0.3) is 0 Å². The number of hydrogen-bond acceptors (Lipinski definition) is 4. The third-order valence-electron chi connectivity index (χ3n) is 5.17. The molecule has 1 aliphatic carbocycles. The number of nitrogens with one attached hydrogen (secondary N) is 2. The van der Waals surface area contributed by atoms with Gasteiger partial charge in [0.2, 0.25) is 5.91 Å². The van der Waals surface area contributed by atoms with E-state index in [2.05, 4.69) is 15.5 Å². The van der Waals surface area contributed by atoms with Crippen LogP contribution < -0.4 is 10.6 Å². The van der Waals surface area contributed by atoms with Gasteiger partial charge in [0.05, 0.1) is 13.2 Å². The molecule has 1 unspecified atom stereocenters. The summed E-state index contributed by atoms with van der Waals surface area (Å²) in [6.45, 7) is 4.59. The van der Waals surface area contributed by atoms with Crippen LogP contribution in [0, 0.1) is 0 Å². The van der Waals surface area contributed by atoms with Crippen LogP contribution in [0.1, 0.15) is 44.9 Å². The van der Waals surface area contributed by atoms with Crippen molar-refractivity contribution in [2.24, 2.45) is 0 Å². The summed E-state index contributed by atoms with van der Waals surface area (Å²) < 4.78 is 5.39. The van der Waals surface area contributed by atoms with E-state index in [0.717, 1.165) is 45.1 Å². The summed E-state index contributed by atoms with van der Waals surface area (Å²) in [6, 6.07) is 1.39. The van der Waals surface area contributed by atoms with Crippen LogP contribution in [-0.4, -0.2) is 61.8 Å². The van der Waals surface area contributed by atoms with Gasteiger partial charge in [-0.15, -0.1) is 24.8 Å². The van der Waals surface area contributed by atoms with Gasteiger partial charge < -0.3 is 20.3 Å². The molecule has 136 valence electrons. The number of rotatable bonds is 4. The zero-order chi connectivity index (χ0) is 14.5. The van der Waals surface area contributed by atoms with Crippen LogP contribution in [0.2, 0.25) is 0 Å². The van der Waals surface area contributed by atoms with Gasteiger partial charge in [0.15, 0.2) is 0 Å². The Morgan fingerprint density at radius 3 is 2.43 bits per heavy atom. The lowest BCUT2D eigenvalue weighted by Crippen LogP contribution is -2.49. The predicted molar refractivity (Wildman–Crippen MR) is 96.7 cm³/mol. The zero-order valence-electron chi connectivity index (χ0n) is 13.8. The molecule has 3 fully saturated rings. The fraction of sp³-hybridized carbons (Fsp3) is 0.938. The van der Waals surface area contributed by atoms with Crippen molar-refractivity contribution in [1.82, 2.24) is 15.5 Å². The van der Waals surface area contributed by atoms with E-state index in [1.165, 1.54) is 25.7 Å². The maximum atomic E-state index is 12.1. The molecule has 1 amide bonds. The Kier molecular flexibility index (Phi) is 9.78. The average molecular weight is 368 g/mol. The smallest absolute Gasteiger partial charge is 0.221 e. The number of nitrogens with zero attached hydrogens (tertiary/aromatic N) is 1. The number of piperidine rings is 1. The summed E-state index contributed by atoms with van der Waals surface area (Å²) in [4.78, 5) is 14.7. The van der Waals surface area contributed by atoms with Crippen molar-refractivity contribution < 1.29 is 9.53 Å². The van der Waals surface area contributed by atoms with Crippen molar-refractivity contribution in [1.29, 1.82) is 0 Å². The first kappa shape index (κ1) is 21.0. The molecule has 1 atom stereocenters. The highest BCUT2D eigenvalue weighted by Crippen LogP contribution is 2.26. The Morgan fingerprint density at radius 1 is 1.13 bits per heavy atom. The highest BCUT2D eigenvalue weighted by atomic mass is 35.5. The molecule has 0 spiro atoms.